The number of hydrogen-bond acceptors (Lipinski definition) is 4. The molecule has 0 saturated heterocycles. The molecule has 0 saturated carbocycles. The van der Waals surface area contributed by atoms with E-state index >= 15 is 0 Å². The third-order valence-electron chi connectivity index (χ3n) is 2.59. The second-order valence-electron chi connectivity index (χ2n) is 4.70. The first-order valence-electron chi connectivity index (χ1n) is 5.91. The zero-order valence-electron chi connectivity index (χ0n) is 10.4. The fraction of sp³-hybridized carbons (Fsp3) is 0.385. The van der Waals surface area contributed by atoms with E-state index in [9.17, 15) is 4.39 Å². The largest absolute Gasteiger partial charge is 0.337 e. The van der Waals surface area contributed by atoms with Crippen molar-refractivity contribution in [2.24, 2.45) is 11.7 Å². The second kappa shape index (κ2) is 5.27. The van der Waals surface area contributed by atoms with Gasteiger partial charge in [0.2, 0.25) is 11.7 Å². The highest BCUT2D eigenvalue weighted by Crippen LogP contribution is 2.21. The summed E-state index contributed by atoms with van der Waals surface area (Å²) in [7, 11) is 0. The van der Waals surface area contributed by atoms with E-state index < -0.39 is 0 Å². The molecule has 2 N–H and O–H groups in total. The Hall–Kier alpha value is -1.75. The van der Waals surface area contributed by atoms with E-state index in [-0.39, 0.29) is 11.9 Å². The molecule has 0 aliphatic carbocycles. The van der Waals surface area contributed by atoms with Gasteiger partial charge in [-0.1, -0.05) is 19.0 Å². The van der Waals surface area contributed by atoms with Gasteiger partial charge in [0, 0.05) is 5.56 Å². The van der Waals surface area contributed by atoms with Gasteiger partial charge in [0.05, 0.1) is 6.04 Å². The summed E-state index contributed by atoms with van der Waals surface area (Å²) >= 11 is 0. The Morgan fingerprint density at radius 2 is 1.94 bits per heavy atom. The molecule has 1 aromatic carbocycles. The Labute approximate surface area is 105 Å². The number of nitrogens with two attached hydrogens (primary N) is 1. The Morgan fingerprint density at radius 1 is 1.28 bits per heavy atom. The van der Waals surface area contributed by atoms with Crippen LogP contribution in [0.4, 0.5) is 4.39 Å². The van der Waals surface area contributed by atoms with E-state index in [2.05, 4.69) is 24.0 Å². The summed E-state index contributed by atoms with van der Waals surface area (Å²) in [6.07, 6.45) is 0.783. The molecular weight excluding hydrogens is 233 g/mol. The van der Waals surface area contributed by atoms with Crippen molar-refractivity contribution in [3.05, 3.63) is 36.0 Å². The van der Waals surface area contributed by atoms with Crippen LogP contribution in [0, 0.1) is 11.7 Å². The van der Waals surface area contributed by atoms with E-state index in [1.165, 1.54) is 12.1 Å². The second-order valence-corrected chi connectivity index (χ2v) is 4.70. The maximum Gasteiger partial charge on any atom is 0.243 e. The monoisotopic (exact) mass is 249 g/mol. The van der Waals surface area contributed by atoms with Crippen molar-refractivity contribution in [3.63, 3.8) is 0 Å². The highest BCUT2D eigenvalue weighted by Gasteiger charge is 2.16. The summed E-state index contributed by atoms with van der Waals surface area (Å²) in [6.45, 7) is 4.16. The number of rotatable bonds is 4. The molecule has 0 radical (unpaired) electrons. The van der Waals surface area contributed by atoms with Crippen LogP contribution in [0.5, 0.6) is 0 Å². The van der Waals surface area contributed by atoms with Crippen molar-refractivity contribution in [1.29, 1.82) is 0 Å². The molecule has 0 spiro atoms. The quantitative estimate of drug-likeness (QED) is 0.904. The normalized spacial score (nSPS) is 12.9. The Kier molecular flexibility index (Phi) is 3.72. The highest BCUT2D eigenvalue weighted by atomic mass is 19.1. The van der Waals surface area contributed by atoms with Crippen molar-refractivity contribution in [2.75, 3.05) is 0 Å². The van der Waals surface area contributed by atoms with Crippen molar-refractivity contribution >= 4 is 0 Å². The van der Waals surface area contributed by atoms with Crippen LogP contribution in [-0.4, -0.2) is 10.1 Å². The van der Waals surface area contributed by atoms with Gasteiger partial charge < -0.3 is 10.3 Å². The van der Waals surface area contributed by atoms with Crippen LogP contribution in [0.15, 0.2) is 28.8 Å². The topological polar surface area (TPSA) is 64.9 Å². The van der Waals surface area contributed by atoms with E-state index in [4.69, 9.17) is 10.3 Å². The lowest BCUT2D eigenvalue weighted by atomic mass is 10.0. The van der Waals surface area contributed by atoms with Gasteiger partial charge in [-0.25, -0.2) is 4.39 Å². The number of hydrogen-bond donors (Lipinski definition) is 1. The molecule has 96 valence electrons. The van der Waals surface area contributed by atoms with Gasteiger partial charge in [-0.15, -0.1) is 0 Å². The lowest BCUT2D eigenvalue weighted by Crippen LogP contribution is -2.13. The lowest BCUT2D eigenvalue weighted by Gasteiger charge is -2.08. The summed E-state index contributed by atoms with van der Waals surface area (Å²) in [6, 6.07) is 5.68. The van der Waals surface area contributed by atoms with Crippen molar-refractivity contribution < 1.29 is 8.91 Å². The smallest absolute Gasteiger partial charge is 0.243 e. The summed E-state index contributed by atoms with van der Waals surface area (Å²) in [5.41, 5.74) is 6.67. The number of benzene rings is 1. The lowest BCUT2D eigenvalue weighted by molar-refractivity contribution is 0.335. The van der Waals surface area contributed by atoms with Gasteiger partial charge in [0.15, 0.2) is 0 Å². The van der Waals surface area contributed by atoms with E-state index in [1.54, 1.807) is 12.1 Å². The molecule has 4 nitrogen and oxygen atoms in total. The van der Waals surface area contributed by atoms with Crippen LogP contribution in [-0.2, 0) is 0 Å². The van der Waals surface area contributed by atoms with Crippen molar-refractivity contribution in [3.8, 4) is 11.4 Å². The predicted molar refractivity (Wildman–Crippen MR) is 66.1 cm³/mol. The molecule has 0 bridgehead atoms. The van der Waals surface area contributed by atoms with Gasteiger partial charge in [-0.2, -0.15) is 4.98 Å². The predicted octanol–water partition coefficient (Wildman–Crippen LogP) is 2.92. The van der Waals surface area contributed by atoms with Gasteiger partial charge >= 0.3 is 0 Å². The molecule has 18 heavy (non-hydrogen) atoms. The summed E-state index contributed by atoms with van der Waals surface area (Å²) in [4.78, 5) is 4.24. The molecule has 0 aliphatic rings. The minimum atomic E-state index is -0.293. The first kappa shape index (κ1) is 12.7. The van der Waals surface area contributed by atoms with E-state index in [0.717, 1.165) is 6.42 Å². The molecule has 0 fully saturated rings. The molecular formula is C13H16FN3O. The average Bonchev–Trinajstić information content (AvgIpc) is 2.78. The average molecular weight is 249 g/mol. The van der Waals surface area contributed by atoms with Gasteiger partial charge in [0.1, 0.15) is 5.82 Å². The zero-order chi connectivity index (χ0) is 13.1. The van der Waals surface area contributed by atoms with E-state index in [1.807, 2.05) is 0 Å². The molecule has 0 amide bonds. The van der Waals surface area contributed by atoms with Crippen molar-refractivity contribution in [1.82, 2.24) is 10.1 Å². The third kappa shape index (κ3) is 2.92. The van der Waals surface area contributed by atoms with Gasteiger partial charge in [0.25, 0.3) is 0 Å². The molecule has 1 aromatic heterocycles. The molecule has 1 atom stereocenters. The Balaban J connectivity index is 2.17. The number of nitrogens with zero attached hydrogens (tertiary/aromatic N) is 2. The maximum absolute atomic E-state index is 12.8. The van der Waals surface area contributed by atoms with Crippen LogP contribution in [0.1, 0.15) is 32.2 Å². The summed E-state index contributed by atoms with van der Waals surface area (Å²) in [5.74, 6) is 1.02. The summed E-state index contributed by atoms with van der Waals surface area (Å²) < 4.78 is 17.9. The summed E-state index contributed by atoms with van der Waals surface area (Å²) in [5, 5.41) is 3.86. The molecule has 2 aromatic rings. The fourth-order valence-electron chi connectivity index (χ4n) is 1.71. The van der Waals surface area contributed by atoms with Crippen LogP contribution in [0.2, 0.25) is 0 Å². The molecule has 1 heterocycles. The standard InChI is InChI=1S/C13H16FN3O/c1-8(2)7-11(15)13-16-12(17-18-13)9-3-5-10(14)6-4-9/h3-6,8,11H,7,15H2,1-2H3/t11-/m0/s1. The van der Waals surface area contributed by atoms with Crippen LogP contribution < -0.4 is 5.73 Å². The number of aromatic nitrogens is 2. The molecule has 2 rings (SSSR count). The highest BCUT2D eigenvalue weighted by molar-refractivity contribution is 5.53. The number of halogens is 1. The van der Waals surface area contributed by atoms with Crippen LogP contribution >= 0.6 is 0 Å². The van der Waals surface area contributed by atoms with Crippen LogP contribution in [0.25, 0.3) is 11.4 Å². The molecule has 5 heteroatoms. The first-order chi connectivity index (χ1) is 8.56. The molecule has 0 unspecified atom stereocenters. The first-order valence-corrected chi connectivity index (χ1v) is 5.91. The Morgan fingerprint density at radius 3 is 2.56 bits per heavy atom. The minimum Gasteiger partial charge on any atom is -0.337 e. The van der Waals surface area contributed by atoms with Crippen molar-refractivity contribution in [2.45, 2.75) is 26.3 Å². The zero-order valence-corrected chi connectivity index (χ0v) is 10.4. The third-order valence-corrected chi connectivity index (χ3v) is 2.59. The minimum absolute atomic E-state index is 0.258. The van der Waals surface area contributed by atoms with Gasteiger partial charge in [-0.05, 0) is 36.6 Å². The Bertz CT molecular complexity index is 507. The van der Waals surface area contributed by atoms with Gasteiger partial charge in [-0.3, -0.25) is 0 Å². The van der Waals surface area contributed by atoms with E-state index in [0.29, 0.717) is 23.2 Å². The maximum atomic E-state index is 12.8. The molecule has 0 aliphatic heterocycles. The fourth-order valence-corrected chi connectivity index (χ4v) is 1.71. The van der Waals surface area contributed by atoms with Crippen LogP contribution in [0.3, 0.4) is 0 Å². The SMILES string of the molecule is CC(C)C[C@H](N)c1nc(-c2ccc(F)cc2)no1.